The molecule has 11 nitrogen and oxygen atoms in total. The van der Waals surface area contributed by atoms with Crippen LogP contribution in [0.15, 0.2) is 66.9 Å². The normalized spacial score (nSPS) is 15.7. The molecule has 0 bridgehead atoms. The van der Waals surface area contributed by atoms with Gasteiger partial charge in [-0.2, -0.15) is 0 Å². The molecule has 0 saturated carbocycles. The fourth-order valence-corrected chi connectivity index (χ4v) is 5.20. The molecular formula is C35H44N4O7. The van der Waals surface area contributed by atoms with Gasteiger partial charge in [-0.05, 0) is 89.3 Å². The molecule has 2 heterocycles. The second-order valence-corrected chi connectivity index (χ2v) is 12.1. The summed E-state index contributed by atoms with van der Waals surface area (Å²) in [4.78, 5) is 58.2. The monoisotopic (exact) mass is 632 g/mol. The van der Waals surface area contributed by atoms with Gasteiger partial charge in [0.2, 0.25) is 0 Å². The summed E-state index contributed by atoms with van der Waals surface area (Å²) in [6.45, 7) is 9.92. The minimum absolute atomic E-state index is 0.112. The number of carbonyl (C=O) groups excluding carboxylic acids is 3. The van der Waals surface area contributed by atoms with Crippen molar-refractivity contribution in [2.75, 3.05) is 37.1 Å². The summed E-state index contributed by atoms with van der Waals surface area (Å²) in [5, 5.41) is 2.64. The highest BCUT2D eigenvalue weighted by atomic mass is 17.2. The zero-order valence-corrected chi connectivity index (χ0v) is 27.4. The maximum atomic E-state index is 14.2. The predicted molar refractivity (Wildman–Crippen MR) is 175 cm³/mol. The Hall–Kier alpha value is -4.48. The Bertz CT molecular complexity index is 1490. The Morgan fingerprint density at radius 3 is 2.50 bits per heavy atom. The summed E-state index contributed by atoms with van der Waals surface area (Å²) < 4.78 is 11.3. The fraction of sp³-hybridized carbons (Fsp3) is 0.429. The number of aryl methyl sites for hydroxylation is 1. The number of nitrogens with zero attached hydrogens (tertiary/aromatic N) is 3. The van der Waals surface area contributed by atoms with Crippen molar-refractivity contribution < 1.29 is 33.6 Å². The molecule has 1 aromatic heterocycles. The highest BCUT2D eigenvalue weighted by molar-refractivity contribution is 6.11. The molecule has 46 heavy (non-hydrogen) atoms. The summed E-state index contributed by atoms with van der Waals surface area (Å²) in [6, 6.07) is 17.2. The largest absolute Gasteiger partial charge is 0.490 e. The van der Waals surface area contributed by atoms with Crippen LogP contribution in [0.5, 0.6) is 5.75 Å². The topological polar surface area (TPSA) is 120 Å². The number of unbranched alkanes of at least 4 members (excludes halogenated alkanes) is 1. The molecular weight excluding hydrogens is 588 g/mol. The highest BCUT2D eigenvalue weighted by Crippen LogP contribution is 2.36. The molecule has 3 amide bonds. The molecule has 0 radical (unpaired) electrons. The number of hydrogen-bond donors (Lipinski definition) is 1. The Morgan fingerprint density at radius 1 is 1.02 bits per heavy atom. The summed E-state index contributed by atoms with van der Waals surface area (Å²) in [6.07, 6.45) is 3.17. The molecule has 1 N–H and O–H groups in total. The molecule has 1 aliphatic rings. The molecule has 11 heteroatoms. The first-order valence-electron chi connectivity index (χ1n) is 15.6. The van der Waals surface area contributed by atoms with Crippen molar-refractivity contribution in [2.24, 2.45) is 0 Å². The van der Waals surface area contributed by atoms with Crippen LogP contribution < -0.4 is 15.0 Å². The van der Waals surface area contributed by atoms with Gasteiger partial charge in [0.05, 0.1) is 30.5 Å². The first kappa shape index (κ1) is 34.4. The van der Waals surface area contributed by atoms with Gasteiger partial charge in [-0.1, -0.05) is 36.4 Å². The van der Waals surface area contributed by atoms with Crippen molar-refractivity contribution >= 4 is 29.4 Å². The Morgan fingerprint density at radius 2 is 1.78 bits per heavy atom. The Balaban J connectivity index is 1.45. The van der Waals surface area contributed by atoms with E-state index in [2.05, 4.69) is 10.3 Å². The van der Waals surface area contributed by atoms with Crippen molar-refractivity contribution in [1.29, 1.82) is 0 Å². The van der Waals surface area contributed by atoms with E-state index in [-0.39, 0.29) is 18.4 Å². The number of rotatable bonds is 13. The zero-order chi connectivity index (χ0) is 33.3. The predicted octanol–water partition coefficient (Wildman–Crippen LogP) is 6.35. The lowest BCUT2D eigenvalue weighted by atomic mass is 10.0. The van der Waals surface area contributed by atoms with Crippen LogP contribution in [0.25, 0.3) is 0 Å². The molecule has 2 atom stereocenters. The third-order valence-corrected chi connectivity index (χ3v) is 7.34. The summed E-state index contributed by atoms with van der Waals surface area (Å²) in [5.74, 6) is 0.287. The van der Waals surface area contributed by atoms with Gasteiger partial charge in [0.15, 0.2) is 11.6 Å². The van der Waals surface area contributed by atoms with Crippen LogP contribution in [-0.4, -0.2) is 66.3 Å². The van der Waals surface area contributed by atoms with E-state index in [1.807, 2.05) is 62.4 Å². The molecule has 2 aromatic carbocycles. The van der Waals surface area contributed by atoms with Gasteiger partial charge in [0.25, 0.3) is 11.8 Å². The highest BCUT2D eigenvalue weighted by Gasteiger charge is 2.41. The molecule has 3 aromatic rings. The lowest BCUT2D eigenvalue weighted by Gasteiger charge is -2.34. The summed E-state index contributed by atoms with van der Waals surface area (Å²) >= 11 is 0. The number of ether oxygens (including phenoxy) is 2. The first-order valence-corrected chi connectivity index (χ1v) is 15.6. The van der Waals surface area contributed by atoms with E-state index in [1.165, 1.54) is 0 Å². The minimum Gasteiger partial charge on any atom is -0.490 e. The quantitative estimate of drug-likeness (QED) is 0.132. The number of fused-ring (bicyclic) bond motifs is 1. The van der Waals surface area contributed by atoms with E-state index in [9.17, 15) is 14.4 Å². The maximum Gasteiger partial charge on any atom is 0.413 e. The van der Waals surface area contributed by atoms with Gasteiger partial charge in [0.1, 0.15) is 18.2 Å². The molecule has 246 valence electrons. The van der Waals surface area contributed by atoms with Gasteiger partial charge in [-0.3, -0.25) is 14.9 Å². The van der Waals surface area contributed by atoms with Gasteiger partial charge in [-0.25, -0.2) is 19.6 Å². The number of carbonyl (C=O) groups is 3. The first-order chi connectivity index (χ1) is 22.0. The van der Waals surface area contributed by atoms with Crippen LogP contribution in [0.3, 0.4) is 0 Å². The number of benzene rings is 2. The van der Waals surface area contributed by atoms with E-state index >= 15 is 0 Å². The van der Waals surface area contributed by atoms with Gasteiger partial charge in [0, 0.05) is 13.2 Å². The lowest BCUT2D eigenvalue weighted by molar-refractivity contribution is -0.296. The molecule has 0 saturated heterocycles. The third kappa shape index (κ3) is 8.82. The second kappa shape index (κ2) is 15.7. The molecule has 0 aliphatic carbocycles. The molecule has 1 aliphatic heterocycles. The lowest BCUT2D eigenvalue weighted by Crippen LogP contribution is -2.47. The average molecular weight is 633 g/mol. The third-order valence-electron chi connectivity index (χ3n) is 7.34. The van der Waals surface area contributed by atoms with Crippen LogP contribution in [0.4, 0.5) is 16.3 Å². The Kier molecular flexibility index (Phi) is 11.7. The van der Waals surface area contributed by atoms with Crippen molar-refractivity contribution in [2.45, 2.75) is 71.6 Å². The minimum atomic E-state index is -0.825. The summed E-state index contributed by atoms with van der Waals surface area (Å²) in [5.41, 5.74) is 2.08. The standard InChI is InChI=1S/C35H44N4O7/c1-7-44-45-23-24(2)39-30(26-15-9-8-10-16-26)33(41)38(6)28-19-18-25(22-27(28)32(39)40)14-11-12-21-43-29-17-13-20-36-31(29)37-34(42)46-35(3,4)5/h8-10,13,15-20,22,24,30H,7,11-12,14,21,23H2,1-6H3,(H,36,37,42). The van der Waals surface area contributed by atoms with Crippen molar-refractivity contribution in [3.8, 4) is 5.75 Å². The van der Waals surface area contributed by atoms with Crippen molar-refractivity contribution in [1.82, 2.24) is 9.88 Å². The second-order valence-electron chi connectivity index (χ2n) is 12.1. The fourth-order valence-electron chi connectivity index (χ4n) is 5.20. The summed E-state index contributed by atoms with van der Waals surface area (Å²) in [7, 11) is 1.70. The SMILES string of the molecule is CCOOCC(C)N1C(=O)c2cc(CCCCOc3cccnc3NC(=O)OC(C)(C)C)ccc2N(C)C(=O)C1c1ccccc1. The van der Waals surface area contributed by atoms with Crippen LogP contribution in [0.1, 0.15) is 75.0 Å². The number of amides is 3. The van der Waals surface area contributed by atoms with Crippen LogP contribution >= 0.6 is 0 Å². The van der Waals surface area contributed by atoms with Crippen LogP contribution in [0, 0.1) is 0 Å². The van der Waals surface area contributed by atoms with Crippen molar-refractivity contribution in [3.63, 3.8) is 0 Å². The zero-order valence-electron chi connectivity index (χ0n) is 27.4. The van der Waals surface area contributed by atoms with E-state index < -0.39 is 23.8 Å². The van der Waals surface area contributed by atoms with Gasteiger partial charge in [-0.15, -0.1) is 0 Å². The maximum absolute atomic E-state index is 14.2. The average Bonchev–Trinajstić information content (AvgIpc) is 3.10. The van der Waals surface area contributed by atoms with Crippen molar-refractivity contribution in [3.05, 3.63) is 83.6 Å². The van der Waals surface area contributed by atoms with E-state index in [0.29, 0.717) is 42.5 Å². The number of aromatic nitrogens is 1. The smallest absolute Gasteiger partial charge is 0.413 e. The molecule has 0 spiro atoms. The number of nitrogens with one attached hydrogen (secondary N) is 1. The molecule has 4 rings (SSSR count). The number of likely N-dealkylation sites (N-methyl/N-ethyl adjacent to an activating group) is 1. The van der Waals surface area contributed by atoms with E-state index in [0.717, 1.165) is 24.0 Å². The molecule has 0 fully saturated rings. The molecule has 2 unspecified atom stereocenters. The number of pyridine rings is 1. The van der Waals surface area contributed by atoms with Gasteiger partial charge >= 0.3 is 6.09 Å². The van der Waals surface area contributed by atoms with E-state index in [4.69, 9.17) is 19.2 Å². The van der Waals surface area contributed by atoms with Crippen LogP contribution in [-0.2, 0) is 25.7 Å². The Labute approximate surface area is 270 Å². The van der Waals surface area contributed by atoms with E-state index in [1.54, 1.807) is 55.9 Å². The van der Waals surface area contributed by atoms with Crippen LogP contribution in [0.2, 0.25) is 0 Å². The number of anilines is 2. The van der Waals surface area contributed by atoms with Gasteiger partial charge < -0.3 is 19.3 Å². The number of hydrogen-bond acceptors (Lipinski definition) is 8.